The third-order valence-corrected chi connectivity index (χ3v) is 4.83. The highest BCUT2D eigenvalue weighted by atomic mass is 79.9. The fraction of sp³-hybridized carbons (Fsp3) is 0.250. The highest BCUT2D eigenvalue weighted by molar-refractivity contribution is 9.10. The predicted molar refractivity (Wildman–Crippen MR) is 78.5 cm³/mol. The van der Waals surface area contributed by atoms with Gasteiger partial charge < -0.3 is 0 Å². The number of aryl methyl sites for hydroxylation is 1. The molecule has 0 amide bonds. The summed E-state index contributed by atoms with van der Waals surface area (Å²) in [5, 5.41) is 0. The van der Waals surface area contributed by atoms with Crippen molar-refractivity contribution in [2.75, 3.05) is 5.75 Å². The second kappa shape index (κ2) is 6.45. The van der Waals surface area contributed by atoms with Crippen LogP contribution in [0.2, 0.25) is 0 Å². The molecule has 6 heteroatoms. The Morgan fingerprint density at radius 2 is 2.22 bits per heavy atom. The number of Topliss-reactive ketones (excluding diaryl/α,β-unsaturated/α-hetero) is 1. The molecule has 18 heavy (non-hydrogen) atoms. The van der Waals surface area contributed by atoms with Crippen LogP contribution in [0.4, 0.5) is 0 Å². The van der Waals surface area contributed by atoms with E-state index in [-0.39, 0.29) is 5.78 Å². The molecule has 0 spiro atoms. The van der Waals surface area contributed by atoms with E-state index in [0.717, 1.165) is 21.1 Å². The molecule has 0 atom stereocenters. The quantitative estimate of drug-likeness (QED) is 0.611. The number of benzene rings is 1. The van der Waals surface area contributed by atoms with Crippen LogP contribution >= 0.6 is 39.2 Å². The lowest BCUT2D eigenvalue weighted by Crippen LogP contribution is -2.03. The number of carbonyl (C=O) groups is 1. The molecule has 0 radical (unpaired) electrons. The molecular formula is C12H11BrN2OS2. The van der Waals surface area contributed by atoms with Crippen LogP contribution in [0.5, 0.6) is 0 Å². The van der Waals surface area contributed by atoms with Gasteiger partial charge in [-0.3, -0.25) is 4.79 Å². The van der Waals surface area contributed by atoms with Crippen molar-refractivity contribution in [1.29, 1.82) is 0 Å². The van der Waals surface area contributed by atoms with Crippen LogP contribution in [-0.2, 0) is 6.42 Å². The van der Waals surface area contributed by atoms with Gasteiger partial charge in [0.2, 0.25) is 0 Å². The van der Waals surface area contributed by atoms with Gasteiger partial charge in [-0.2, -0.15) is 4.37 Å². The molecule has 0 saturated heterocycles. The van der Waals surface area contributed by atoms with Gasteiger partial charge in [0.25, 0.3) is 0 Å². The SMILES string of the molecule is CCc1nsc(SCC(=O)c2ccccc2Br)n1. The molecular weight excluding hydrogens is 332 g/mol. The zero-order valence-corrected chi connectivity index (χ0v) is 12.9. The Morgan fingerprint density at radius 1 is 1.44 bits per heavy atom. The van der Waals surface area contributed by atoms with Crippen molar-refractivity contribution in [3.8, 4) is 0 Å². The number of thioether (sulfide) groups is 1. The van der Waals surface area contributed by atoms with E-state index in [1.807, 2.05) is 31.2 Å². The first-order valence-corrected chi connectivity index (χ1v) is 7.99. The van der Waals surface area contributed by atoms with Crippen LogP contribution in [0.1, 0.15) is 23.1 Å². The van der Waals surface area contributed by atoms with Crippen LogP contribution in [-0.4, -0.2) is 20.9 Å². The lowest BCUT2D eigenvalue weighted by molar-refractivity contribution is 0.102. The van der Waals surface area contributed by atoms with E-state index >= 15 is 0 Å². The molecule has 2 rings (SSSR count). The van der Waals surface area contributed by atoms with Crippen molar-refractivity contribution >= 4 is 45.0 Å². The van der Waals surface area contributed by atoms with E-state index in [2.05, 4.69) is 25.3 Å². The summed E-state index contributed by atoms with van der Waals surface area (Å²) in [7, 11) is 0. The molecule has 0 unspecified atom stereocenters. The summed E-state index contributed by atoms with van der Waals surface area (Å²) in [6.07, 6.45) is 0.829. The fourth-order valence-electron chi connectivity index (χ4n) is 1.33. The monoisotopic (exact) mass is 342 g/mol. The number of rotatable bonds is 5. The highest BCUT2D eigenvalue weighted by Gasteiger charge is 2.11. The summed E-state index contributed by atoms with van der Waals surface area (Å²) in [6.45, 7) is 2.02. The molecule has 0 N–H and O–H groups in total. The summed E-state index contributed by atoms with van der Waals surface area (Å²) in [4.78, 5) is 16.3. The molecule has 0 aliphatic rings. The van der Waals surface area contributed by atoms with Crippen LogP contribution < -0.4 is 0 Å². The second-order valence-electron chi connectivity index (χ2n) is 3.52. The minimum atomic E-state index is 0.0979. The molecule has 0 bridgehead atoms. The Morgan fingerprint density at radius 3 is 2.89 bits per heavy atom. The number of aromatic nitrogens is 2. The minimum absolute atomic E-state index is 0.0979. The van der Waals surface area contributed by atoms with E-state index < -0.39 is 0 Å². The Kier molecular flexibility index (Phi) is 4.91. The Hall–Kier alpha value is -0.720. The highest BCUT2D eigenvalue weighted by Crippen LogP contribution is 2.23. The van der Waals surface area contributed by atoms with Gasteiger partial charge in [0.05, 0.1) is 5.75 Å². The molecule has 0 aliphatic carbocycles. The van der Waals surface area contributed by atoms with Crippen LogP contribution in [0.15, 0.2) is 33.1 Å². The number of hydrogen-bond donors (Lipinski definition) is 0. The van der Waals surface area contributed by atoms with E-state index in [1.165, 1.54) is 23.3 Å². The van der Waals surface area contributed by atoms with Gasteiger partial charge in [-0.05, 0) is 17.6 Å². The van der Waals surface area contributed by atoms with Crippen molar-refractivity contribution < 1.29 is 4.79 Å². The largest absolute Gasteiger partial charge is 0.293 e. The minimum Gasteiger partial charge on any atom is -0.293 e. The van der Waals surface area contributed by atoms with Gasteiger partial charge in [0.15, 0.2) is 10.1 Å². The first kappa shape index (κ1) is 13.7. The molecule has 1 aromatic heterocycles. The molecule has 0 aliphatic heterocycles. The molecule has 1 heterocycles. The van der Waals surface area contributed by atoms with Crippen molar-refractivity contribution in [3.63, 3.8) is 0 Å². The first-order chi connectivity index (χ1) is 8.70. The van der Waals surface area contributed by atoms with Crippen molar-refractivity contribution in [1.82, 2.24) is 9.36 Å². The van der Waals surface area contributed by atoms with Gasteiger partial charge in [0, 0.05) is 16.5 Å². The fourth-order valence-corrected chi connectivity index (χ4v) is 3.42. The molecule has 2 aromatic rings. The second-order valence-corrected chi connectivity index (χ2v) is 6.35. The average Bonchev–Trinajstić information content (AvgIpc) is 2.84. The summed E-state index contributed by atoms with van der Waals surface area (Å²) < 4.78 is 5.88. The molecule has 94 valence electrons. The maximum Gasteiger partial charge on any atom is 0.174 e. The van der Waals surface area contributed by atoms with Crippen LogP contribution in [0.3, 0.4) is 0 Å². The van der Waals surface area contributed by atoms with Crippen molar-refractivity contribution in [3.05, 3.63) is 40.1 Å². The number of hydrogen-bond acceptors (Lipinski definition) is 5. The van der Waals surface area contributed by atoms with E-state index in [0.29, 0.717) is 11.3 Å². The van der Waals surface area contributed by atoms with E-state index in [9.17, 15) is 4.79 Å². The maximum absolute atomic E-state index is 12.0. The molecule has 0 fully saturated rings. The predicted octanol–water partition coefficient (Wildman–Crippen LogP) is 3.84. The van der Waals surface area contributed by atoms with Crippen LogP contribution in [0, 0.1) is 0 Å². The summed E-state index contributed by atoms with van der Waals surface area (Å²) >= 11 is 6.18. The van der Waals surface area contributed by atoms with E-state index in [4.69, 9.17) is 0 Å². The lowest BCUT2D eigenvalue weighted by atomic mass is 10.1. The Bertz CT molecular complexity index is 557. The third kappa shape index (κ3) is 3.40. The number of nitrogens with zero attached hydrogens (tertiary/aromatic N) is 2. The van der Waals surface area contributed by atoms with E-state index in [1.54, 1.807) is 0 Å². The standard InChI is InChI=1S/C12H11BrN2OS2/c1-2-11-14-12(18-15-11)17-7-10(16)8-5-3-4-6-9(8)13/h3-6H,2,7H2,1H3. The van der Waals surface area contributed by atoms with Gasteiger partial charge in [-0.15, -0.1) is 0 Å². The molecule has 1 aromatic carbocycles. The van der Waals surface area contributed by atoms with Crippen molar-refractivity contribution in [2.45, 2.75) is 17.7 Å². The smallest absolute Gasteiger partial charge is 0.174 e. The van der Waals surface area contributed by atoms with Crippen molar-refractivity contribution in [2.24, 2.45) is 0 Å². The molecule has 0 saturated carbocycles. The van der Waals surface area contributed by atoms with Gasteiger partial charge in [-0.25, -0.2) is 4.98 Å². The summed E-state index contributed by atoms with van der Waals surface area (Å²) in [5.74, 6) is 1.33. The zero-order valence-electron chi connectivity index (χ0n) is 9.72. The summed E-state index contributed by atoms with van der Waals surface area (Å²) in [5.41, 5.74) is 0.713. The first-order valence-electron chi connectivity index (χ1n) is 5.43. The topological polar surface area (TPSA) is 42.9 Å². The zero-order chi connectivity index (χ0) is 13.0. The van der Waals surface area contributed by atoms with Gasteiger partial charge >= 0.3 is 0 Å². The Balaban J connectivity index is 1.98. The van der Waals surface area contributed by atoms with Crippen LogP contribution in [0.25, 0.3) is 0 Å². The Labute approximate surface area is 122 Å². The lowest BCUT2D eigenvalue weighted by Gasteiger charge is -2.01. The molecule has 3 nitrogen and oxygen atoms in total. The average molecular weight is 343 g/mol. The maximum atomic E-state index is 12.0. The third-order valence-electron chi connectivity index (χ3n) is 2.27. The van der Waals surface area contributed by atoms with Gasteiger partial charge in [0.1, 0.15) is 5.82 Å². The number of carbonyl (C=O) groups excluding carboxylic acids is 1. The summed E-state index contributed by atoms with van der Waals surface area (Å²) in [6, 6.07) is 7.46. The number of ketones is 1. The normalized spacial score (nSPS) is 10.6. The number of halogens is 1. The van der Waals surface area contributed by atoms with Gasteiger partial charge in [-0.1, -0.05) is 52.8 Å².